The van der Waals surface area contributed by atoms with Gasteiger partial charge in [-0.2, -0.15) is 5.26 Å². The monoisotopic (exact) mass is 305 g/mol. The number of benzene rings is 1. The lowest BCUT2D eigenvalue weighted by Gasteiger charge is -2.33. The number of nitrogens with zero attached hydrogens (tertiary/aromatic N) is 1. The normalized spacial score (nSPS) is 23.0. The van der Waals surface area contributed by atoms with Crippen LogP contribution in [0.5, 0.6) is 0 Å². The number of hydrogen-bond acceptors (Lipinski definition) is 4. The molecule has 5 heteroatoms. The lowest BCUT2D eigenvalue weighted by Crippen LogP contribution is -2.40. The fourth-order valence-corrected chi connectivity index (χ4v) is 3.69. The summed E-state index contributed by atoms with van der Waals surface area (Å²) in [7, 11) is 0. The summed E-state index contributed by atoms with van der Waals surface area (Å²) >= 11 is 0. The van der Waals surface area contributed by atoms with Gasteiger partial charge in [0.15, 0.2) is 5.78 Å². The second kappa shape index (κ2) is 5.10. The van der Waals surface area contributed by atoms with Gasteiger partial charge < -0.3 is 10.6 Å². The number of rotatable bonds is 1. The smallest absolute Gasteiger partial charge is 0.249 e. The number of nitrogens with one attached hydrogen (secondary N) is 2. The van der Waals surface area contributed by atoms with Crippen molar-refractivity contribution >= 4 is 11.7 Å². The maximum absolute atomic E-state index is 12.5. The van der Waals surface area contributed by atoms with E-state index in [1.54, 1.807) is 18.2 Å². The van der Waals surface area contributed by atoms with Crippen molar-refractivity contribution < 1.29 is 9.59 Å². The minimum Gasteiger partial charge on any atom is -0.361 e. The summed E-state index contributed by atoms with van der Waals surface area (Å²) < 4.78 is 0. The largest absolute Gasteiger partial charge is 0.361 e. The van der Waals surface area contributed by atoms with Gasteiger partial charge in [0.25, 0.3) is 0 Å². The summed E-state index contributed by atoms with van der Waals surface area (Å²) in [5, 5.41) is 15.3. The van der Waals surface area contributed by atoms with Crippen LogP contribution in [0.3, 0.4) is 0 Å². The van der Waals surface area contributed by atoms with Crippen LogP contribution in [0.2, 0.25) is 0 Å². The molecule has 1 aromatic carbocycles. The van der Waals surface area contributed by atoms with Gasteiger partial charge in [0.05, 0.1) is 11.6 Å². The van der Waals surface area contributed by atoms with E-state index in [9.17, 15) is 9.59 Å². The molecule has 2 N–H and O–H groups in total. The number of dihydropyridines is 1. The first kappa shape index (κ1) is 13.8. The van der Waals surface area contributed by atoms with E-state index in [1.165, 1.54) is 0 Å². The number of ketones is 1. The molecule has 0 bridgehead atoms. The van der Waals surface area contributed by atoms with E-state index in [0.29, 0.717) is 36.1 Å². The Labute approximate surface area is 133 Å². The van der Waals surface area contributed by atoms with Crippen molar-refractivity contribution in [2.75, 3.05) is 6.54 Å². The number of carbonyl (C=O) groups is 2. The molecule has 23 heavy (non-hydrogen) atoms. The molecule has 0 radical (unpaired) electrons. The Morgan fingerprint density at radius 2 is 1.91 bits per heavy atom. The molecule has 1 aliphatic carbocycles. The molecule has 5 nitrogen and oxygen atoms in total. The average Bonchev–Trinajstić information content (AvgIpc) is 2.94. The molecule has 0 aromatic heterocycles. The quantitative estimate of drug-likeness (QED) is 0.826. The Hall–Kier alpha value is -2.87. The molecular weight excluding hydrogens is 290 g/mol. The number of hydrogen-bond donors (Lipinski definition) is 2. The summed E-state index contributed by atoms with van der Waals surface area (Å²) in [5.41, 5.74) is 4.53. The van der Waals surface area contributed by atoms with Gasteiger partial charge in [-0.1, -0.05) is 12.1 Å². The Balaban J connectivity index is 1.92. The molecule has 0 fully saturated rings. The molecule has 2 aliphatic heterocycles. The minimum absolute atomic E-state index is 0.0878. The van der Waals surface area contributed by atoms with E-state index in [4.69, 9.17) is 5.26 Å². The zero-order valence-corrected chi connectivity index (χ0v) is 12.5. The van der Waals surface area contributed by atoms with Crippen LogP contribution in [-0.2, 0) is 9.59 Å². The average molecular weight is 305 g/mol. The van der Waals surface area contributed by atoms with Gasteiger partial charge in [0.1, 0.15) is 0 Å². The van der Waals surface area contributed by atoms with Crippen LogP contribution in [0, 0.1) is 11.3 Å². The first-order valence-electron chi connectivity index (χ1n) is 7.73. The molecule has 0 spiro atoms. The van der Waals surface area contributed by atoms with Gasteiger partial charge in [-0.05, 0) is 24.1 Å². The maximum atomic E-state index is 12.5. The van der Waals surface area contributed by atoms with Gasteiger partial charge in [-0.3, -0.25) is 9.59 Å². The van der Waals surface area contributed by atoms with E-state index in [1.807, 2.05) is 6.07 Å². The predicted octanol–water partition coefficient (Wildman–Crippen LogP) is 1.64. The van der Waals surface area contributed by atoms with E-state index in [0.717, 1.165) is 23.4 Å². The van der Waals surface area contributed by atoms with Gasteiger partial charge >= 0.3 is 0 Å². The summed E-state index contributed by atoms with van der Waals surface area (Å²) in [4.78, 5) is 24.9. The highest BCUT2D eigenvalue weighted by atomic mass is 16.2. The summed E-state index contributed by atoms with van der Waals surface area (Å²) in [6, 6.07) is 9.32. The molecule has 0 saturated carbocycles. The summed E-state index contributed by atoms with van der Waals surface area (Å²) in [6.07, 6.45) is 1.91. The van der Waals surface area contributed by atoms with Crippen LogP contribution in [0.25, 0.3) is 0 Å². The highest BCUT2D eigenvalue weighted by molar-refractivity contribution is 6.06. The molecule has 1 atom stereocenters. The minimum atomic E-state index is -0.371. The molecule has 1 aromatic rings. The molecular formula is C18H15N3O2. The predicted molar refractivity (Wildman–Crippen MR) is 83.0 cm³/mol. The lowest BCUT2D eigenvalue weighted by molar-refractivity contribution is -0.118. The number of amides is 1. The van der Waals surface area contributed by atoms with E-state index < -0.39 is 0 Å². The number of carbonyl (C=O) groups excluding carboxylic acids is 2. The van der Waals surface area contributed by atoms with Crippen molar-refractivity contribution in [3.05, 3.63) is 57.9 Å². The molecule has 4 rings (SSSR count). The van der Waals surface area contributed by atoms with Gasteiger partial charge in [-0.25, -0.2) is 0 Å². The topological polar surface area (TPSA) is 82.0 Å². The number of allylic oxidation sites excluding steroid dienone is 2. The molecule has 0 saturated heterocycles. The SMILES string of the molecule is N#Cc1cccc(C2C3=C(CCC3=O)NC3=C2C(=O)NCC3)c1. The molecule has 1 amide bonds. The maximum Gasteiger partial charge on any atom is 0.249 e. The van der Waals surface area contributed by atoms with E-state index in [2.05, 4.69) is 16.7 Å². The molecule has 114 valence electrons. The number of Topliss-reactive ketones (excluding diaryl/α,β-unsaturated/α-hetero) is 1. The van der Waals surface area contributed by atoms with E-state index in [-0.39, 0.29) is 17.6 Å². The molecule has 2 heterocycles. The lowest BCUT2D eigenvalue weighted by atomic mass is 9.78. The van der Waals surface area contributed by atoms with Crippen molar-refractivity contribution in [2.45, 2.75) is 25.2 Å². The third-order valence-electron chi connectivity index (χ3n) is 4.69. The first-order valence-corrected chi connectivity index (χ1v) is 7.73. The third-order valence-corrected chi connectivity index (χ3v) is 4.69. The van der Waals surface area contributed by atoms with Crippen LogP contribution < -0.4 is 10.6 Å². The highest BCUT2D eigenvalue weighted by Gasteiger charge is 2.41. The number of nitriles is 1. The van der Waals surface area contributed by atoms with Gasteiger partial charge in [0, 0.05) is 47.8 Å². The zero-order valence-electron chi connectivity index (χ0n) is 12.5. The highest BCUT2D eigenvalue weighted by Crippen LogP contribution is 2.44. The van der Waals surface area contributed by atoms with Crippen molar-refractivity contribution in [1.29, 1.82) is 5.26 Å². The van der Waals surface area contributed by atoms with Crippen molar-refractivity contribution in [1.82, 2.24) is 10.6 Å². The standard InChI is InChI=1S/C18H15N3O2/c19-9-10-2-1-3-11(8-10)15-16-12(4-5-14(16)22)21-13-6-7-20-18(23)17(13)15/h1-3,8,15,21H,4-7H2,(H,20,23). The van der Waals surface area contributed by atoms with Crippen molar-refractivity contribution in [3.63, 3.8) is 0 Å². The van der Waals surface area contributed by atoms with Crippen LogP contribution in [0.15, 0.2) is 46.8 Å². The Morgan fingerprint density at radius 3 is 2.74 bits per heavy atom. The van der Waals surface area contributed by atoms with Gasteiger partial charge in [0.2, 0.25) is 5.91 Å². The fraction of sp³-hybridized carbons (Fsp3) is 0.278. The Morgan fingerprint density at radius 1 is 1.09 bits per heavy atom. The van der Waals surface area contributed by atoms with Crippen LogP contribution in [0.4, 0.5) is 0 Å². The van der Waals surface area contributed by atoms with Crippen molar-refractivity contribution in [2.24, 2.45) is 0 Å². The van der Waals surface area contributed by atoms with Crippen LogP contribution in [-0.4, -0.2) is 18.2 Å². The Kier molecular flexibility index (Phi) is 3.05. The second-order valence-electron chi connectivity index (χ2n) is 6.01. The van der Waals surface area contributed by atoms with Crippen LogP contribution in [0.1, 0.15) is 36.3 Å². The fourth-order valence-electron chi connectivity index (χ4n) is 3.69. The summed E-state index contributed by atoms with van der Waals surface area (Å²) in [5.74, 6) is -0.410. The Bertz CT molecular complexity index is 842. The second-order valence-corrected chi connectivity index (χ2v) is 6.01. The van der Waals surface area contributed by atoms with Gasteiger partial charge in [-0.15, -0.1) is 0 Å². The molecule has 3 aliphatic rings. The first-order chi connectivity index (χ1) is 11.2. The third kappa shape index (κ3) is 2.07. The van der Waals surface area contributed by atoms with Crippen molar-refractivity contribution in [3.8, 4) is 6.07 Å². The van der Waals surface area contributed by atoms with E-state index >= 15 is 0 Å². The molecule has 1 unspecified atom stereocenters. The summed E-state index contributed by atoms with van der Waals surface area (Å²) in [6.45, 7) is 0.603. The van der Waals surface area contributed by atoms with Crippen LogP contribution >= 0.6 is 0 Å². The zero-order chi connectivity index (χ0) is 16.0.